The monoisotopic (exact) mass is 315 g/mol. The average molecular weight is 315 g/mol. The summed E-state index contributed by atoms with van der Waals surface area (Å²) in [6.45, 7) is 2.17. The molecule has 1 aromatic carbocycles. The smallest absolute Gasteiger partial charge is 0.344 e. The molecule has 5 heteroatoms. The van der Waals surface area contributed by atoms with Crippen LogP contribution in [0.3, 0.4) is 0 Å². The van der Waals surface area contributed by atoms with Crippen molar-refractivity contribution in [2.75, 3.05) is 20.3 Å². The average Bonchev–Trinajstić information content (AvgIpc) is 2.57. The number of aromatic nitrogens is 1. The molecule has 2 rings (SSSR count). The highest BCUT2D eigenvalue weighted by molar-refractivity contribution is 5.71. The molecular weight excluding hydrogens is 294 g/mol. The predicted octanol–water partition coefficient (Wildman–Crippen LogP) is 2.95. The van der Waals surface area contributed by atoms with Crippen molar-refractivity contribution in [1.82, 2.24) is 4.98 Å². The zero-order chi connectivity index (χ0) is 16.5. The number of para-hydroxylation sites is 2. The number of carbonyl (C=O) groups is 1. The summed E-state index contributed by atoms with van der Waals surface area (Å²) < 4.78 is 15.7. The molecule has 0 aliphatic heterocycles. The Morgan fingerprint density at radius 2 is 1.87 bits per heavy atom. The topological polar surface area (TPSA) is 57.7 Å². The molecule has 23 heavy (non-hydrogen) atoms. The summed E-state index contributed by atoms with van der Waals surface area (Å²) >= 11 is 0. The van der Waals surface area contributed by atoms with Crippen molar-refractivity contribution in [3.63, 3.8) is 0 Å². The molecule has 0 radical (unpaired) electrons. The summed E-state index contributed by atoms with van der Waals surface area (Å²) in [7, 11) is 1.56. The van der Waals surface area contributed by atoms with E-state index in [1.165, 1.54) is 0 Å². The number of rotatable bonds is 8. The van der Waals surface area contributed by atoms with Gasteiger partial charge in [-0.3, -0.25) is 4.98 Å². The highest BCUT2D eigenvalue weighted by Crippen LogP contribution is 2.25. The van der Waals surface area contributed by atoms with Gasteiger partial charge in [-0.2, -0.15) is 0 Å². The lowest BCUT2D eigenvalue weighted by molar-refractivity contribution is -0.146. The Morgan fingerprint density at radius 3 is 2.61 bits per heavy atom. The number of esters is 1. The first kappa shape index (κ1) is 16.8. The molecule has 0 atom stereocenters. The molecule has 0 spiro atoms. The van der Waals surface area contributed by atoms with E-state index in [1.54, 1.807) is 19.2 Å². The van der Waals surface area contributed by atoms with E-state index in [9.17, 15) is 4.79 Å². The normalized spacial score (nSPS) is 10.2. The van der Waals surface area contributed by atoms with Crippen LogP contribution in [0, 0.1) is 6.92 Å². The zero-order valence-electron chi connectivity index (χ0n) is 13.5. The highest BCUT2D eigenvalue weighted by Gasteiger charge is 2.07. The fourth-order valence-corrected chi connectivity index (χ4v) is 2.09. The van der Waals surface area contributed by atoms with Gasteiger partial charge >= 0.3 is 5.97 Å². The van der Waals surface area contributed by atoms with Gasteiger partial charge in [0.25, 0.3) is 0 Å². The van der Waals surface area contributed by atoms with E-state index < -0.39 is 5.97 Å². The Kier molecular flexibility index (Phi) is 6.41. The van der Waals surface area contributed by atoms with Crippen molar-refractivity contribution >= 4 is 5.97 Å². The molecule has 122 valence electrons. The number of hydrogen-bond donors (Lipinski definition) is 0. The van der Waals surface area contributed by atoms with Crippen LogP contribution < -0.4 is 9.47 Å². The van der Waals surface area contributed by atoms with Crippen molar-refractivity contribution in [3.8, 4) is 11.5 Å². The highest BCUT2D eigenvalue weighted by atomic mass is 16.6. The second kappa shape index (κ2) is 8.78. The minimum Gasteiger partial charge on any atom is -0.493 e. The second-order valence-corrected chi connectivity index (χ2v) is 5.03. The number of carbonyl (C=O) groups excluding carboxylic acids is 1. The number of benzene rings is 1. The van der Waals surface area contributed by atoms with Crippen LogP contribution in [0.25, 0.3) is 0 Å². The number of pyridine rings is 1. The molecule has 1 heterocycles. The van der Waals surface area contributed by atoms with Gasteiger partial charge in [-0.15, -0.1) is 0 Å². The lowest BCUT2D eigenvalue weighted by atomic mass is 10.2. The standard InChI is InChI=1S/C18H21NO4/c1-14-7-5-8-15(19-14)9-6-12-22-18(20)13-23-17-11-4-3-10-16(17)21-2/h3-5,7-8,10-11H,6,9,12-13H2,1-2H3. The van der Waals surface area contributed by atoms with Crippen LogP contribution in [-0.2, 0) is 16.0 Å². The Bertz CT molecular complexity index is 642. The molecule has 0 bridgehead atoms. The molecule has 0 unspecified atom stereocenters. The fraction of sp³-hybridized carbons (Fsp3) is 0.333. The van der Waals surface area contributed by atoms with Crippen LogP contribution in [0.15, 0.2) is 42.5 Å². The molecule has 1 aromatic heterocycles. The molecule has 0 N–H and O–H groups in total. The summed E-state index contributed by atoms with van der Waals surface area (Å²) in [5.41, 5.74) is 2.00. The number of hydrogen-bond acceptors (Lipinski definition) is 5. The first-order valence-electron chi connectivity index (χ1n) is 7.53. The van der Waals surface area contributed by atoms with Gasteiger partial charge in [0, 0.05) is 11.4 Å². The third-order valence-corrected chi connectivity index (χ3v) is 3.20. The Labute approximate surface area is 136 Å². The van der Waals surface area contributed by atoms with E-state index in [4.69, 9.17) is 14.2 Å². The van der Waals surface area contributed by atoms with Gasteiger partial charge in [-0.25, -0.2) is 4.79 Å². The summed E-state index contributed by atoms with van der Waals surface area (Å²) in [6, 6.07) is 13.1. The number of methoxy groups -OCH3 is 1. The summed E-state index contributed by atoms with van der Waals surface area (Å²) in [5.74, 6) is 0.717. The van der Waals surface area contributed by atoms with Gasteiger partial charge in [0.2, 0.25) is 0 Å². The van der Waals surface area contributed by atoms with Crippen LogP contribution in [0.1, 0.15) is 17.8 Å². The zero-order valence-corrected chi connectivity index (χ0v) is 13.5. The number of ether oxygens (including phenoxy) is 3. The van der Waals surface area contributed by atoms with E-state index in [2.05, 4.69) is 4.98 Å². The van der Waals surface area contributed by atoms with E-state index in [-0.39, 0.29) is 6.61 Å². The molecule has 0 amide bonds. The fourth-order valence-electron chi connectivity index (χ4n) is 2.09. The van der Waals surface area contributed by atoms with Crippen molar-refractivity contribution in [2.45, 2.75) is 19.8 Å². The third kappa shape index (κ3) is 5.62. The quantitative estimate of drug-likeness (QED) is 0.554. The Morgan fingerprint density at radius 1 is 1.09 bits per heavy atom. The lowest BCUT2D eigenvalue weighted by Gasteiger charge is -2.10. The SMILES string of the molecule is COc1ccccc1OCC(=O)OCCCc1cccc(C)n1. The molecular formula is C18H21NO4. The molecule has 2 aromatic rings. The molecule has 0 aliphatic rings. The van der Waals surface area contributed by atoms with Gasteiger partial charge in [0.1, 0.15) is 0 Å². The summed E-state index contributed by atoms with van der Waals surface area (Å²) in [6.07, 6.45) is 1.51. The van der Waals surface area contributed by atoms with Crippen LogP contribution in [0.4, 0.5) is 0 Å². The molecule has 5 nitrogen and oxygen atoms in total. The minimum atomic E-state index is -0.395. The maximum Gasteiger partial charge on any atom is 0.344 e. The molecule has 0 saturated carbocycles. The second-order valence-electron chi connectivity index (χ2n) is 5.03. The predicted molar refractivity (Wildman–Crippen MR) is 86.7 cm³/mol. The van der Waals surface area contributed by atoms with Crippen molar-refractivity contribution in [3.05, 3.63) is 53.9 Å². The first-order valence-corrected chi connectivity index (χ1v) is 7.53. The molecule has 0 saturated heterocycles. The van der Waals surface area contributed by atoms with Gasteiger partial charge in [-0.05, 0) is 44.0 Å². The van der Waals surface area contributed by atoms with Crippen LogP contribution in [0.2, 0.25) is 0 Å². The third-order valence-electron chi connectivity index (χ3n) is 3.20. The van der Waals surface area contributed by atoms with Crippen LogP contribution in [-0.4, -0.2) is 31.3 Å². The van der Waals surface area contributed by atoms with E-state index >= 15 is 0 Å². The van der Waals surface area contributed by atoms with E-state index in [0.717, 1.165) is 24.2 Å². The number of aryl methyl sites for hydroxylation is 2. The summed E-state index contributed by atoms with van der Waals surface area (Å²) in [5, 5.41) is 0. The van der Waals surface area contributed by atoms with Crippen LogP contribution in [0.5, 0.6) is 11.5 Å². The largest absolute Gasteiger partial charge is 0.493 e. The number of nitrogens with zero attached hydrogens (tertiary/aromatic N) is 1. The maximum atomic E-state index is 11.7. The Hall–Kier alpha value is -2.56. The van der Waals surface area contributed by atoms with Crippen molar-refractivity contribution in [1.29, 1.82) is 0 Å². The van der Waals surface area contributed by atoms with E-state index in [0.29, 0.717) is 18.1 Å². The molecule has 0 aliphatic carbocycles. The van der Waals surface area contributed by atoms with Gasteiger partial charge < -0.3 is 14.2 Å². The Balaban J connectivity index is 1.67. The lowest BCUT2D eigenvalue weighted by Crippen LogP contribution is -2.16. The van der Waals surface area contributed by atoms with Gasteiger partial charge in [0.05, 0.1) is 13.7 Å². The van der Waals surface area contributed by atoms with Gasteiger partial charge in [-0.1, -0.05) is 18.2 Å². The first-order chi connectivity index (χ1) is 11.2. The van der Waals surface area contributed by atoms with Gasteiger partial charge in [0.15, 0.2) is 18.1 Å². The van der Waals surface area contributed by atoms with Crippen molar-refractivity contribution in [2.24, 2.45) is 0 Å². The van der Waals surface area contributed by atoms with Crippen molar-refractivity contribution < 1.29 is 19.0 Å². The molecule has 0 fully saturated rings. The minimum absolute atomic E-state index is 0.136. The summed E-state index contributed by atoms with van der Waals surface area (Å²) in [4.78, 5) is 16.1. The van der Waals surface area contributed by atoms with Crippen LogP contribution >= 0.6 is 0 Å². The van der Waals surface area contributed by atoms with E-state index in [1.807, 2.05) is 37.3 Å². The maximum absolute atomic E-state index is 11.7.